The molecule has 0 spiro atoms. The second kappa shape index (κ2) is 11.0. The number of rotatable bonds is 8. The Kier molecular flexibility index (Phi) is 7.80. The summed E-state index contributed by atoms with van der Waals surface area (Å²) in [6.07, 6.45) is 0.435. The van der Waals surface area contributed by atoms with Crippen LogP contribution >= 0.6 is 0 Å². The van der Waals surface area contributed by atoms with Crippen molar-refractivity contribution >= 4 is 5.91 Å². The molecule has 0 fully saturated rings. The van der Waals surface area contributed by atoms with Crippen LogP contribution in [-0.4, -0.2) is 45.8 Å². The molecule has 4 rings (SSSR count). The Hall–Kier alpha value is -3.88. The summed E-state index contributed by atoms with van der Waals surface area (Å²) >= 11 is 0. The van der Waals surface area contributed by atoms with Gasteiger partial charge in [-0.3, -0.25) is 4.79 Å². The fourth-order valence-electron chi connectivity index (χ4n) is 4.78. The summed E-state index contributed by atoms with van der Waals surface area (Å²) in [4.78, 5) is 15.1. The third-order valence-electron chi connectivity index (χ3n) is 6.61. The molecule has 0 aliphatic carbocycles. The predicted molar refractivity (Wildman–Crippen MR) is 131 cm³/mol. The van der Waals surface area contributed by atoms with Gasteiger partial charge in [0.1, 0.15) is 5.82 Å². The Bertz CT molecular complexity index is 1310. The number of hydrogen-bond acceptors (Lipinski definition) is 5. The summed E-state index contributed by atoms with van der Waals surface area (Å²) in [7, 11) is 6.16. The van der Waals surface area contributed by atoms with Crippen molar-refractivity contribution in [2.45, 2.75) is 25.3 Å². The van der Waals surface area contributed by atoms with E-state index in [-0.39, 0.29) is 5.56 Å². The average Bonchev–Trinajstić information content (AvgIpc) is 2.90. The number of methoxy groups -OCH3 is 4. The minimum absolute atomic E-state index is 0.328. The highest BCUT2D eigenvalue weighted by Gasteiger charge is 2.33. The van der Waals surface area contributed by atoms with Crippen molar-refractivity contribution in [1.29, 1.82) is 0 Å². The fraction of sp³-hybridized carbons (Fsp3) is 0.321. The monoisotopic (exact) mass is 515 g/mol. The second-order valence-corrected chi connectivity index (χ2v) is 8.69. The molecule has 1 atom stereocenters. The molecule has 0 bridgehead atoms. The molecule has 6 nitrogen and oxygen atoms in total. The lowest BCUT2D eigenvalue weighted by atomic mass is 9.87. The molecular weight excluding hydrogens is 487 g/mol. The number of halogens is 3. The van der Waals surface area contributed by atoms with Crippen LogP contribution in [0, 0.1) is 17.5 Å². The van der Waals surface area contributed by atoms with Gasteiger partial charge in [0, 0.05) is 18.2 Å². The Morgan fingerprint density at radius 3 is 2.19 bits per heavy atom. The molecule has 1 amide bonds. The standard InChI is InChI=1S/C28H28F3NO5/c1-34-23-6-5-16(10-24(23)35-2)9-22-20-15-26(37-4)25(36-3)12-17(20)7-8-32(22)27(33)13-18-11-19(29)14-21(30)28(18)31/h5-6,10-12,14-15,22H,7-9,13H2,1-4H3/t22-/m1/s1. The highest BCUT2D eigenvalue weighted by atomic mass is 19.2. The van der Waals surface area contributed by atoms with Gasteiger partial charge in [0.2, 0.25) is 5.91 Å². The topological polar surface area (TPSA) is 57.2 Å². The maximum Gasteiger partial charge on any atom is 0.227 e. The first-order chi connectivity index (χ1) is 17.8. The summed E-state index contributed by atoms with van der Waals surface area (Å²) in [5.41, 5.74) is 2.37. The van der Waals surface area contributed by atoms with Crippen molar-refractivity contribution in [3.05, 3.63) is 82.2 Å². The highest BCUT2D eigenvalue weighted by Crippen LogP contribution is 2.40. The minimum Gasteiger partial charge on any atom is -0.493 e. The zero-order valence-corrected chi connectivity index (χ0v) is 21.1. The molecule has 3 aromatic rings. The van der Waals surface area contributed by atoms with Crippen LogP contribution < -0.4 is 18.9 Å². The van der Waals surface area contributed by atoms with Gasteiger partial charge in [-0.05, 0) is 59.9 Å². The van der Waals surface area contributed by atoms with Gasteiger partial charge in [0.05, 0.1) is 40.9 Å². The van der Waals surface area contributed by atoms with E-state index < -0.39 is 35.8 Å². The van der Waals surface area contributed by atoms with Crippen LogP contribution in [0.2, 0.25) is 0 Å². The molecule has 0 N–H and O–H groups in total. The number of carbonyl (C=O) groups is 1. The first-order valence-corrected chi connectivity index (χ1v) is 11.7. The van der Waals surface area contributed by atoms with E-state index in [0.29, 0.717) is 48.5 Å². The van der Waals surface area contributed by atoms with E-state index in [1.807, 2.05) is 24.3 Å². The summed E-state index contributed by atoms with van der Waals surface area (Å²) < 4.78 is 63.6. The largest absolute Gasteiger partial charge is 0.493 e. The zero-order valence-electron chi connectivity index (χ0n) is 21.1. The van der Waals surface area contributed by atoms with Crippen molar-refractivity contribution in [2.75, 3.05) is 35.0 Å². The Labute approximate surface area is 213 Å². The number of fused-ring (bicyclic) bond motifs is 1. The van der Waals surface area contributed by atoms with Gasteiger partial charge in [0.15, 0.2) is 34.6 Å². The number of ether oxygens (including phenoxy) is 4. The van der Waals surface area contributed by atoms with Gasteiger partial charge in [0.25, 0.3) is 0 Å². The van der Waals surface area contributed by atoms with Crippen LogP contribution in [-0.2, 0) is 24.1 Å². The summed E-state index contributed by atoms with van der Waals surface area (Å²) in [6, 6.07) is 10.1. The van der Waals surface area contributed by atoms with E-state index in [1.165, 1.54) is 14.2 Å². The number of amides is 1. The SMILES string of the molecule is COc1ccc(C[C@@H]2c3cc(OC)c(OC)cc3CCN2C(=O)Cc2cc(F)cc(F)c2F)cc1OC. The first kappa shape index (κ1) is 26.2. The van der Waals surface area contributed by atoms with Crippen LogP contribution in [0.3, 0.4) is 0 Å². The van der Waals surface area contributed by atoms with E-state index in [1.54, 1.807) is 25.2 Å². The lowest BCUT2D eigenvalue weighted by Crippen LogP contribution is -2.42. The second-order valence-electron chi connectivity index (χ2n) is 8.69. The van der Waals surface area contributed by atoms with E-state index in [9.17, 15) is 18.0 Å². The van der Waals surface area contributed by atoms with Crippen molar-refractivity contribution in [1.82, 2.24) is 4.90 Å². The maximum absolute atomic E-state index is 14.4. The average molecular weight is 516 g/mol. The number of nitrogens with zero attached hydrogens (tertiary/aromatic N) is 1. The van der Waals surface area contributed by atoms with Gasteiger partial charge in [-0.1, -0.05) is 6.07 Å². The molecule has 0 aromatic heterocycles. The molecule has 0 saturated carbocycles. The molecular formula is C28H28F3NO5. The number of benzene rings is 3. The van der Waals surface area contributed by atoms with Crippen molar-refractivity contribution < 1.29 is 36.9 Å². The van der Waals surface area contributed by atoms with Crippen LogP contribution in [0.5, 0.6) is 23.0 Å². The fourth-order valence-corrected chi connectivity index (χ4v) is 4.78. The lowest BCUT2D eigenvalue weighted by molar-refractivity contribution is -0.133. The zero-order chi connectivity index (χ0) is 26.7. The Morgan fingerprint density at radius 2 is 1.51 bits per heavy atom. The van der Waals surface area contributed by atoms with Gasteiger partial charge < -0.3 is 23.8 Å². The van der Waals surface area contributed by atoms with E-state index in [0.717, 1.165) is 22.8 Å². The predicted octanol–water partition coefficient (Wildman–Crippen LogP) is 5.05. The quantitative estimate of drug-likeness (QED) is 0.393. The molecule has 0 unspecified atom stereocenters. The Morgan fingerprint density at radius 1 is 0.865 bits per heavy atom. The minimum atomic E-state index is -1.33. The van der Waals surface area contributed by atoms with Gasteiger partial charge in [-0.2, -0.15) is 0 Å². The molecule has 37 heavy (non-hydrogen) atoms. The Balaban J connectivity index is 1.75. The molecule has 9 heteroatoms. The smallest absolute Gasteiger partial charge is 0.227 e. The van der Waals surface area contributed by atoms with Gasteiger partial charge >= 0.3 is 0 Å². The third-order valence-corrected chi connectivity index (χ3v) is 6.61. The molecule has 3 aromatic carbocycles. The van der Waals surface area contributed by atoms with E-state index >= 15 is 0 Å². The molecule has 1 heterocycles. The van der Waals surface area contributed by atoms with Crippen molar-refractivity contribution in [3.63, 3.8) is 0 Å². The first-order valence-electron chi connectivity index (χ1n) is 11.7. The highest BCUT2D eigenvalue weighted by molar-refractivity contribution is 5.80. The van der Waals surface area contributed by atoms with Crippen LogP contribution in [0.4, 0.5) is 13.2 Å². The molecule has 196 valence electrons. The van der Waals surface area contributed by atoms with E-state index in [2.05, 4.69) is 0 Å². The normalized spacial score (nSPS) is 14.7. The van der Waals surface area contributed by atoms with Crippen LogP contribution in [0.1, 0.15) is 28.3 Å². The van der Waals surface area contributed by atoms with Gasteiger partial charge in [-0.15, -0.1) is 0 Å². The summed E-state index contributed by atoms with van der Waals surface area (Å²) in [5, 5.41) is 0. The van der Waals surface area contributed by atoms with E-state index in [4.69, 9.17) is 18.9 Å². The summed E-state index contributed by atoms with van der Waals surface area (Å²) in [5.74, 6) is -1.76. The molecule has 0 saturated heterocycles. The lowest BCUT2D eigenvalue weighted by Gasteiger charge is -2.38. The summed E-state index contributed by atoms with van der Waals surface area (Å²) in [6.45, 7) is 0.332. The van der Waals surface area contributed by atoms with Crippen molar-refractivity contribution in [3.8, 4) is 23.0 Å². The maximum atomic E-state index is 14.4. The molecule has 1 aliphatic rings. The number of hydrogen-bond donors (Lipinski definition) is 0. The van der Waals surface area contributed by atoms with Gasteiger partial charge in [-0.25, -0.2) is 13.2 Å². The van der Waals surface area contributed by atoms with Crippen LogP contribution in [0.25, 0.3) is 0 Å². The number of carbonyl (C=O) groups excluding carboxylic acids is 1. The van der Waals surface area contributed by atoms with Crippen LogP contribution in [0.15, 0.2) is 42.5 Å². The molecule has 1 aliphatic heterocycles. The molecule has 0 radical (unpaired) electrons. The van der Waals surface area contributed by atoms with Crippen molar-refractivity contribution in [2.24, 2.45) is 0 Å². The third kappa shape index (κ3) is 5.30.